The fourth-order valence-corrected chi connectivity index (χ4v) is 2.36. The first kappa shape index (κ1) is 13.1. The fraction of sp³-hybridized carbons (Fsp3) is 0.692. The number of hydrogen-bond donors (Lipinski definition) is 2. The SMILES string of the molecule is CC(C)Oc1cc(NC2CCCC2CO)ncn1. The summed E-state index contributed by atoms with van der Waals surface area (Å²) in [4.78, 5) is 8.27. The first-order valence-electron chi connectivity index (χ1n) is 6.55. The fourth-order valence-electron chi connectivity index (χ4n) is 2.36. The van der Waals surface area contributed by atoms with Gasteiger partial charge in [0.1, 0.15) is 12.1 Å². The third kappa shape index (κ3) is 3.32. The van der Waals surface area contributed by atoms with Crippen LogP contribution in [-0.2, 0) is 0 Å². The lowest BCUT2D eigenvalue weighted by Crippen LogP contribution is -2.26. The molecule has 2 N–H and O–H groups in total. The number of rotatable bonds is 5. The molecule has 1 fully saturated rings. The molecule has 1 heterocycles. The Hall–Kier alpha value is -1.36. The van der Waals surface area contributed by atoms with Gasteiger partial charge >= 0.3 is 0 Å². The molecular formula is C13H21N3O2. The zero-order valence-electron chi connectivity index (χ0n) is 11.0. The largest absolute Gasteiger partial charge is 0.475 e. The second-order valence-electron chi connectivity index (χ2n) is 5.03. The quantitative estimate of drug-likeness (QED) is 0.835. The first-order chi connectivity index (χ1) is 8.69. The monoisotopic (exact) mass is 251 g/mol. The number of ether oxygens (including phenoxy) is 1. The van der Waals surface area contributed by atoms with E-state index in [1.54, 1.807) is 0 Å². The lowest BCUT2D eigenvalue weighted by atomic mass is 10.1. The van der Waals surface area contributed by atoms with Crippen LogP contribution in [0.25, 0.3) is 0 Å². The molecule has 5 nitrogen and oxygen atoms in total. The minimum Gasteiger partial charge on any atom is -0.475 e. The highest BCUT2D eigenvalue weighted by Crippen LogP contribution is 2.28. The van der Waals surface area contributed by atoms with Crippen molar-refractivity contribution in [1.29, 1.82) is 0 Å². The summed E-state index contributed by atoms with van der Waals surface area (Å²) < 4.78 is 5.53. The van der Waals surface area contributed by atoms with Crippen molar-refractivity contribution in [3.63, 3.8) is 0 Å². The van der Waals surface area contributed by atoms with E-state index in [0.717, 1.165) is 25.1 Å². The standard InChI is InChI=1S/C13H21N3O2/c1-9(2)18-13-6-12(14-8-15-13)16-11-5-3-4-10(11)7-17/h6,8-11,17H,3-5,7H2,1-2H3,(H,14,15,16). The van der Waals surface area contributed by atoms with E-state index < -0.39 is 0 Å². The molecule has 1 aliphatic carbocycles. The van der Waals surface area contributed by atoms with Crippen molar-refractivity contribution in [2.24, 2.45) is 5.92 Å². The van der Waals surface area contributed by atoms with Gasteiger partial charge in [-0.2, -0.15) is 0 Å². The summed E-state index contributed by atoms with van der Waals surface area (Å²) in [5.41, 5.74) is 0. The van der Waals surface area contributed by atoms with Gasteiger partial charge in [-0.25, -0.2) is 9.97 Å². The molecule has 5 heteroatoms. The number of nitrogens with zero attached hydrogens (tertiary/aromatic N) is 2. The summed E-state index contributed by atoms with van der Waals surface area (Å²) in [6, 6.07) is 2.11. The summed E-state index contributed by atoms with van der Waals surface area (Å²) in [6.45, 7) is 4.17. The van der Waals surface area contributed by atoms with Crippen molar-refractivity contribution in [2.75, 3.05) is 11.9 Å². The van der Waals surface area contributed by atoms with Gasteiger partial charge in [-0.15, -0.1) is 0 Å². The van der Waals surface area contributed by atoms with Crippen molar-refractivity contribution >= 4 is 5.82 Å². The summed E-state index contributed by atoms with van der Waals surface area (Å²) in [7, 11) is 0. The summed E-state index contributed by atoms with van der Waals surface area (Å²) in [5.74, 6) is 1.68. The molecule has 0 bridgehead atoms. The van der Waals surface area contributed by atoms with Gasteiger partial charge in [-0.3, -0.25) is 0 Å². The minimum atomic E-state index is 0.101. The molecule has 0 aromatic carbocycles. The average molecular weight is 251 g/mol. The molecule has 18 heavy (non-hydrogen) atoms. The number of hydrogen-bond acceptors (Lipinski definition) is 5. The molecule has 0 spiro atoms. The summed E-state index contributed by atoms with van der Waals surface area (Å²) in [5, 5.41) is 12.7. The van der Waals surface area contributed by atoms with E-state index in [2.05, 4.69) is 15.3 Å². The minimum absolute atomic E-state index is 0.101. The van der Waals surface area contributed by atoms with E-state index in [-0.39, 0.29) is 12.7 Å². The third-order valence-corrected chi connectivity index (χ3v) is 3.23. The molecule has 1 aromatic heterocycles. The van der Waals surface area contributed by atoms with Crippen LogP contribution >= 0.6 is 0 Å². The molecule has 1 aromatic rings. The Morgan fingerprint density at radius 1 is 1.44 bits per heavy atom. The van der Waals surface area contributed by atoms with Crippen LogP contribution in [-0.4, -0.2) is 33.8 Å². The number of aliphatic hydroxyl groups excluding tert-OH is 1. The number of nitrogens with one attached hydrogen (secondary N) is 1. The van der Waals surface area contributed by atoms with Gasteiger partial charge < -0.3 is 15.2 Å². The van der Waals surface area contributed by atoms with Crippen LogP contribution in [0.3, 0.4) is 0 Å². The van der Waals surface area contributed by atoms with Crippen LogP contribution < -0.4 is 10.1 Å². The van der Waals surface area contributed by atoms with Crippen molar-refractivity contribution < 1.29 is 9.84 Å². The molecule has 2 rings (SSSR count). The van der Waals surface area contributed by atoms with E-state index in [4.69, 9.17) is 4.74 Å². The Morgan fingerprint density at radius 2 is 2.28 bits per heavy atom. The Kier molecular flexibility index (Phi) is 4.36. The molecule has 0 aliphatic heterocycles. The van der Waals surface area contributed by atoms with Gasteiger partial charge in [0.25, 0.3) is 0 Å². The molecule has 1 saturated carbocycles. The number of anilines is 1. The van der Waals surface area contributed by atoms with Crippen LogP contribution in [0.2, 0.25) is 0 Å². The smallest absolute Gasteiger partial charge is 0.218 e. The van der Waals surface area contributed by atoms with Gasteiger partial charge in [-0.1, -0.05) is 6.42 Å². The van der Waals surface area contributed by atoms with Crippen molar-refractivity contribution in [3.05, 3.63) is 12.4 Å². The lowest BCUT2D eigenvalue weighted by Gasteiger charge is -2.19. The highest BCUT2D eigenvalue weighted by Gasteiger charge is 2.26. The first-order valence-corrected chi connectivity index (χ1v) is 6.55. The zero-order valence-corrected chi connectivity index (χ0v) is 11.0. The Morgan fingerprint density at radius 3 is 3.00 bits per heavy atom. The average Bonchev–Trinajstić information content (AvgIpc) is 2.76. The van der Waals surface area contributed by atoms with Crippen molar-refractivity contribution in [1.82, 2.24) is 9.97 Å². The number of aliphatic hydroxyl groups is 1. The van der Waals surface area contributed by atoms with Crippen molar-refractivity contribution in [3.8, 4) is 5.88 Å². The third-order valence-electron chi connectivity index (χ3n) is 3.23. The second-order valence-corrected chi connectivity index (χ2v) is 5.03. The van der Waals surface area contributed by atoms with Crippen LogP contribution in [0.15, 0.2) is 12.4 Å². The van der Waals surface area contributed by atoms with E-state index in [1.807, 2.05) is 19.9 Å². The van der Waals surface area contributed by atoms with Crippen LogP contribution in [0, 0.1) is 5.92 Å². The molecule has 0 saturated heterocycles. The highest BCUT2D eigenvalue weighted by atomic mass is 16.5. The molecular weight excluding hydrogens is 230 g/mol. The Labute approximate surface area is 108 Å². The van der Waals surface area contributed by atoms with E-state index in [0.29, 0.717) is 17.8 Å². The molecule has 1 aliphatic rings. The molecule has 100 valence electrons. The maximum atomic E-state index is 9.29. The van der Waals surface area contributed by atoms with E-state index in [1.165, 1.54) is 6.33 Å². The van der Waals surface area contributed by atoms with Gasteiger partial charge in [0, 0.05) is 24.6 Å². The van der Waals surface area contributed by atoms with Gasteiger partial charge in [0.2, 0.25) is 5.88 Å². The molecule has 0 amide bonds. The maximum Gasteiger partial charge on any atom is 0.218 e. The van der Waals surface area contributed by atoms with Crippen LogP contribution in [0.5, 0.6) is 5.88 Å². The summed E-state index contributed by atoms with van der Waals surface area (Å²) in [6.07, 6.45) is 4.92. The molecule has 0 radical (unpaired) electrons. The van der Waals surface area contributed by atoms with Gasteiger partial charge in [-0.05, 0) is 26.7 Å². The maximum absolute atomic E-state index is 9.29. The van der Waals surface area contributed by atoms with Crippen molar-refractivity contribution in [2.45, 2.75) is 45.3 Å². The van der Waals surface area contributed by atoms with Crippen LogP contribution in [0.4, 0.5) is 5.82 Å². The number of aromatic nitrogens is 2. The predicted octanol–water partition coefficient (Wildman–Crippen LogP) is 1.84. The van der Waals surface area contributed by atoms with E-state index >= 15 is 0 Å². The highest BCUT2D eigenvalue weighted by molar-refractivity contribution is 5.38. The summed E-state index contributed by atoms with van der Waals surface area (Å²) >= 11 is 0. The van der Waals surface area contributed by atoms with Crippen LogP contribution in [0.1, 0.15) is 33.1 Å². The van der Waals surface area contributed by atoms with Gasteiger partial charge in [0.15, 0.2) is 0 Å². The lowest BCUT2D eigenvalue weighted by molar-refractivity contribution is 0.222. The molecule has 2 atom stereocenters. The Bertz CT molecular complexity index is 384. The predicted molar refractivity (Wildman–Crippen MR) is 69.6 cm³/mol. The normalized spacial score (nSPS) is 23.3. The van der Waals surface area contributed by atoms with E-state index in [9.17, 15) is 5.11 Å². The topological polar surface area (TPSA) is 67.3 Å². The van der Waals surface area contributed by atoms with Gasteiger partial charge in [0.05, 0.1) is 6.10 Å². The molecule has 2 unspecified atom stereocenters. The second kappa shape index (κ2) is 6.00. The Balaban J connectivity index is 2.00. The zero-order chi connectivity index (χ0) is 13.0.